The molecule has 0 heterocycles. The van der Waals surface area contributed by atoms with Crippen LogP contribution in [0.25, 0.3) is 0 Å². The summed E-state index contributed by atoms with van der Waals surface area (Å²) in [5.74, 6) is -0.202. The Balaban J connectivity index is 3.96. The van der Waals surface area contributed by atoms with E-state index in [-0.39, 0.29) is 22.8 Å². The normalized spacial score (nSPS) is 14.9. The molecule has 0 spiro atoms. The van der Waals surface area contributed by atoms with E-state index in [1.165, 1.54) is 0 Å². The Morgan fingerprint density at radius 1 is 1.20 bits per heavy atom. The molecule has 15 heavy (non-hydrogen) atoms. The summed E-state index contributed by atoms with van der Waals surface area (Å²) in [6.45, 7) is 12.6. The van der Waals surface area contributed by atoms with Crippen molar-refractivity contribution in [2.45, 2.75) is 54.0 Å². The number of rotatable bonds is 3. The van der Waals surface area contributed by atoms with Crippen LogP contribution in [-0.2, 0) is 9.53 Å². The maximum absolute atomic E-state index is 11.4. The van der Waals surface area contributed by atoms with E-state index < -0.39 is 0 Å². The zero-order valence-corrected chi connectivity index (χ0v) is 10.9. The van der Waals surface area contributed by atoms with Gasteiger partial charge in [-0.05, 0) is 10.8 Å². The third kappa shape index (κ3) is 7.37. The van der Waals surface area contributed by atoms with Crippen LogP contribution in [0.5, 0.6) is 0 Å². The Bertz CT molecular complexity index is 211. The van der Waals surface area contributed by atoms with Crippen molar-refractivity contribution in [3.8, 4) is 0 Å². The van der Waals surface area contributed by atoms with Gasteiger partial charge in [-0.1, -0.05) is 41.5 Å². The van der Waals surface area contributed by atoms with Crippen LogP contribution in [0.4, 0.5) is 0 Å². The van der Waals surface area contributed by atoms with Crippen LogP contribution in [0.15, 0.2) is 0 Å². The highest BCUT2D eigenvalue weighted by molar-refractivity contribution is 5.70. The molecule has 0 aromatic heterocycles. The summed E-state index contributed by atoms with van der Waals surface area (Å²) in [4.78, 5) is 11.4. The summed E-state index contributed by atoms with van der Waals surface area (Å²) in [6, 6.07) is -0.148. The van der Waals surface area contributed by atoms with Crippen molar-refractivity contribution in [2.24, 2.45) is 16.6 Å². The van der Waals surface area contributed by atoms with Gasteiger partial charge in [0.15, 0.2) is 0 Å². The maximum atomic E-state index is 11.4. The van der Waals surface area contributed by atoms with Crippen molar-refractivity contribution in [3.63, 3.8) is 0 Å². The van der Waals surface area contributed by atoms with Crippen LogP contribution in [0, 0.1) is 10.8 Å². The lowest BCUT2D eigenvalue weighted by Crippen LogP contribution is -2.37. The maximum Gasteiger partial charge on any atom is 0.307 e. The summed E-state index contributed by atoms with van der Waals surface area (Å²) in [7, 11) is 0. The number of nitrogens with two attached hydrogens (primary N) is 1. The lowest BCUT2D eigenvalue weighted by atomic mass is 9.85. The Hall–Kier alpha value is -0.570. The molecule has 0 aromatic rings. The van der Waals surface area contributed by atoms with E-state index in [0.29, 0.717) is 13.0 Å². The number of ether oxygens (including phenoxy) is 1. The van der Waals surface area contributed by atoms with E-state index in [4.69, 9.17) is 10.5 Å². The number of carbonyl (C=O) groups excluding carboxylic acids is 1. The predicted molar refractivity (Wildman–Crippen MR) is 62.5 cm³/mol. The fraction of sp³-hybridized carbons (Fsp3) is 0.917. The molecule has 90 valence electrons. The molecule has 0 radical (unpaired) electrons. The molecule has 1 atom stereocenters. The third-order valence-corrected chi connectivity index (χ3v) is 2.17. The van der Waals surface area contributed by atoms with Gasteiger partial charge < -0.3 is 10.5 Å². The first-order valence-corrected chi connectivity index (χ1v) is 5.43. The Morgan fingerprint density at radius 2 is 1.67 bits per heavy atom. The minimum atomic E-state index is -0.202. The molecule has 2 N–H and O–H groups in total. The van der Waals surface area contributed by atoms with Gasteiger partial charge in [0.1, 0.15) is 0 Å². The summed E-state index contributed by atoms with van der Waals surface area (Å²) < 4.78 is 5.15. The predicted octanol–water partition coefficient (Wildman–Crippen LogP) is 2.34. The smallest absolute Gasteiger partial charge is 0.307 e. The summed E-state index contributed by atoms with van der Waals surface area (Å²) in [6.07, 6.45) is 0.291. The lowest BCUT2D eigenvalue weighted by Gasteiger charge is -2.26. The minimum Gasteiger partial charge on any atom is -0.465 e. The summed E-state index contributed by atoms with van der Waals surface area (Å²) >= 11 is 0. The first kappa shape index (κ1) is 14.4. The molecule has 0 aliphatic carbocycles. The van der Waals surface area contributed by atoms with Gasteiger partial charge in [-0.2, -0.15) is 0 Å². The largest absolute Gasteiger partial charge is 0.465 e. The van der Waals surface area contributed by atoms with Gasteiger partial charge in [-0.25, -0.2) is 0 Å². The third-order valence-electron chi connectivity index (χ3n) is 2.17. The standard InChI is InChI=1S/C12H25NO2/c1-11(2,3)8-15-10(14)7-9(13)12(4,5)6/h9H,7-8,13H2,1-6H3. The van der Waals surface area contributed by atoms with Crippen LogP contribution in [-0.4, -0.2) is 18.6 Å². The Labute approximate surface area is 93.4 Å². The molecule has 0 saturated carbocycles. The van der Waals surface area contributed by atoms with Crippen LogP contribution < -0.4 is 5.73 Å². The van der Waals surface area contributed by atoms with Crippen LogP contribution >= 0.6 is 0 Å². The van der Waals surface area contributed by atoms with Crippen molar-refractivity contribution in [3.05, 3.63) is 0 Å². The fourth-order valence-corrected chi connectivity index (χ4v) is 0.842. The van der Waals surface area contributed by atoms with Gasteiger partial charge in [0.25, 0.3) is 0 Å². The van der Waals surface area contributed by atoms with E-state index in [2.05, 4.69) is 0 Å². The van der Waals surface area contributed by atoms with Gasteiger partial charge in [0.2, 0.25) is 0 Å². The van der Waals surface area contributed by atoms with Crippen LogP contribution in [0.1, 0.15) is 48.0 Å². The first-order valence-electron chi connectivity index (χ1n) is 5.43. The van der Waals surface area contributed by atoms with Crippen molar-refractivity contribution in [1.29, 1.82) is 0 Å². The van der Waals surface area contributed by atoms with Gasteiger partial charge in [0, 0.05) is 6.04 Å². The zero-order valence-electron chi connectivity index (χ0n) is 10.9. The summed E-state index contributed by atoms with van der Waals surface area (Å²) in [5.41, 5.74) is 5.85. The molecular formula is C12H25NO2. The second kappa shape index (κ2) is 4.97. The highest BCUT2D eigenvalue weighted by atomic mass is 16.5. The second-order valence-electron chi connectivity index (χ2n) is 6.40. The quantitative estimate of drug-likeness (QED) is 0.735. The van der Waals surface area contributed by atoms with Gasteiger partial charge >= 0.3 is 5.97 Å². The zero-order chi connectivity index (χ0) is 12.3. The molecule has 1 unspecified atom stereocenters. The number of hydrogen-bond acceptors (Lipinski definition) is 3. The molecule has 3 nitrogen and oxygen atoms in total. The molecule has 0 amide bonds. The Morgan fingerprint density at radius 3 is 2.00 bits per heavy atom. The molecule has 3 heteroatoms. The van der Waals surface area contributed by atoms with Crippen LogP contribution in [0.2, 0.25) is 0 Å². The molecule has 0 bridgehead atoms. The first-order chi connectivity index (χ1) is 6.52. The highest BCUT2D eigenvalue weighted by Crippen LogP contribution is 2.20. The monoisotopic (exact) mass is 215 g/mol. The number of esters is 1. The van der Waals surface area contributed by atoms with Crippen molar-refractivity contribution in [2.75, 3.05) is 6.61 Å². The van der Waals surface area contributed by atoms with E-state index in [1.807, 2.05) is 41.5 Å². The number of hydrogen-bond donors (Lipinski definition) is 1. The van der Waals surface area contributed by atoms with Crippen molar-refractivity contribution in [1.82, 2.24) is 0 Å². The molecule has 0 saturated heterocycles. The van der Waals surface area contributed by atoms with Gasteiger partial charge in [-0.15, -0.1) is 0 Å². The molecule has 0 aliphatic rings. The van der Waals surface area contributed by atoms with Gasteiger partial charge in [0.05, 0.1) is 13.0 Å². The van der Waals surface area contributed by atoms with Crippen LogP contribution in [0.3, 0.4) is 0 Å². The molecular weight excluding hydrogens is 190 g/mol. The molecule has 0 fully saturated rings. The van der Waals surface area contributed by atoms with Gasteiger partial charge in [-0.3, -0.25) is 4.79 Å². The SMILES string of the molecule is CC(C)(C)COC(=O)CC(N)C(C)(C)C. The Kier molecular flexibility index (Phi) is 4.78. The average molecular weight is 215 g/mol. The minimum absolute atomic E-state index is 0.0154. The van der Waals surface area contributed by atoms with E-state index >= 15 is 0 Å². The average Bonchev–Trinajstić information content (AvgIpc) is 1.97. The van der Waals surface area contributed by atoms with E-state index in [0.717, 1.165) is 0 Å². The van der Waals surface area contributed by atoms with Crippen molar-refractivity contribution >= 4 is 5.97 Å². The molecule has 0 aliphatic heterocycles. The second-order valence-corrected chi connectivity index (χ2v) is 6.40. The molecule has 0 rings (SSSR count). The number of carbonyl (C=O) groups is 1. The summed E-state index contributed by atoms with van der Waals surface area (Å²) in [5, 5.41) is 0. The lowest BCUT2D eigenvalue weighted by molar-refractivity contribution is -0.147. The van der Waals surface area contributed by atoms with E-state index in [1.54, 1.807) is 0 Å². The topological polar surface area (TPSA) is 52.3 Å². The fourth-order valence-electron chi connectivity index (χ4n) is 0.842. The molecule has 0 aromatic carbocycles. The highest BCUT2D eigenvalue weighted by Gasteiger charge is 2.24. The van der Waals surface area contributed by atoms with E-state index in [9.17, 15) is 4.79 Å². The van der Waals surface area contributed by atoms with Crippen molar-refractivity contribution < 1.29 is 9.53 Å².